The van der Waals surface area contributed by atoms with Crippen molar-refractivity contribution in [3.63, 3.8) is 0 Å². The number of hydrogen-bond donors (Lipinski definition) is 1. The lowest BCUT2D eigenvalue weighted by Gasteiger charge is -2.27. The van der Waals surface area contributed by atoms with Crippen LogP contribution in [0.3, 0.4) is 0 Å². The van der Waals surface area contributed by atoms with E-state index in [1.54, 1.807) is 0 Å². The van der Waals surface area contributed by atoms with Gasteiger partial charge in [-0.3, -0.25) is 10.2 Å². The van der Waals surface area contributed by atoms with E-state index in [1.807, 2.05) is 40.7 Å². The number of nitrogens with one attached hydrogen (secondary N) is 1. The summed E-state index contributed by atoms with van der Waals surface area (Å²) in [5.74, 6) is 2.51. The van der Waals surface area contributed by atoms with E-state index >= 15 is 0 Å². The van der Waals surface area contributed by atoms with Gasteiger partial charge in [0.25, 0.3) is 5.91 Å². The van der Waals surface area contributed by atoms with Gasteiger partial charge < -0.3 is 0 Å². The lowest BCUT2D eigenvalue weighted by Crippen LogP contribution is -2.45. The van der Waals surface area contributed by atoms with E-state index in [1.165, 1.54) is 42.8 Å². The van der Waals surface area contributed by atoms with Crippen LogP contribution in [0.5, 0.6) is 0 Å². The van der Waals surface area contributed by atoms with Crippen molar-refractivity contribution in [2.45, 2.75) is 30.3 Å². The summed E-state index contributed by atoms with van der Waals surface area (Å²) in [4.78, 5) is 12.2. The maximum atomic E-state index is 12.2. The molecule has 2 aliphatic heterocycles. The molecule has 1 amide bonds. The quantitative estimate of drug-likeness (QED) is 0.920. The highest BCUT2D eigenvalue weighted by molar-refractivity contribution is 8.16. The van der Waals surface area contributed by atoms with Crippen molar-refractivity contribution in [2.24, 2.45) is 0 Å². The van der Waals surface area contributed by atoms with Crippen molar-refractivity contribution in [2.75, 3.05) is 24.6 Å². The van der Waals surface area contributed by atoms with Gasteiger partial charge in [-0.25, -0.2) is 5.01 Å². The molecule has 2 heterocycles. The van der Waals surface area contributed by atoms with Gasteiger partial charge in [0, 0.05) is 18.7 Å². The van der Waals surface area contributed by atoms with Crippen LogP contribution in [-0.2, 0) is 0 Å². The summed E-state index contributed by atoms with van der Waals surface area (Å²) < 4.78 is 0.540. The first kappa shape index (κ1) is 15.3. The van der Waals surface area contributed by atoms with E-state index in [4.69, 9.17) is 0 Å². The normalized spacial score (nSPS) is 21.1. The summed E-state index contributed by atoms with van der Waals surface area (Å²) >= 11 is 4.03. The number of piperidine rings is 1. The summed E-state index contributed by atoms with van der Waals surface area (Å²) in [6, 6.07) is 8.15. The third-order valence-electron chi connectivity index (χ3n) is 3.89. The molecular formula is C16H22N2OS2. The predicted molar refractivity (Wildman–Crippen MR) is 91.6 cm³/mol. The third kappa shape index (κ3) is 4.18. The summed E-state index contributed by atoms with van der Waals surface area (Å²) in [5, 5.41) is 2.05. The van der Waals surface area contributed by atoms with Gasteiger partial charge in [-0.2, -0.15) is 0 Å². The number of carbonyl (C=O) groups excluding carboxylic acids is 1. The molecule has 0 bridgehead atoms. The van der Waals surface area contributed by atoms with Gasteiger partial charge >= 0.3 is 0 Å². The number of amides is 1. The Morgan fingerprint density at radius 2 is 1.67 bits per heavy atom. The van der Waals surface area contributed by atoms with Crippen LogP contribution in [-0.4, -0.2) is 35.5 Å². The predicted octanol–water partition coefficient (Wildman–Crippen LogP) is 3.69. The molecule has 21 heavy (non-hydrogen) atoms. The first-order chi connectivity index (χ1) is 10.3. The Kier molecular flexibility index (Phi) is 5.49. The van der Waals surface area contributed by atoms with Crippen LogP contribution in [0.1, 0.15) is 46.2 Å². The van der Waals surface area contributed by atoms with Gasteiger partial charge in [0.15, 0.2) is 0 Å². The Morgan fingerprint density at radius 3 is 2.33 bits per heavy atom. The highest BCUT2D eigenvalue weighted by Gasteiger charge is 2.18. The number of hydrazine groups is 1. The Bertz CT molecular complexity index is 466. The van der Waals surface area contributed by atoms with Crippen LogP contribution in [0.25, 0.3) is 0 Å². The summed E-state index contributed by atoms with van der Waals surface area (Å²) in [5.41, 5.74) is 5.11. The average Bonchev–Trinajstić information content (AvgIpc) is 2.57. The number of rotatable bonds is 3. The SMILES string of the molecule is O=C(NN1CCCCC1)c1ccc(C2SCCCS2)cc1. The third-order valence-corrected chi connectivity index (χ3v) is 6.90. The lowest BCUT2D eigenvalue weighted by atomic mass is 10.1. The van der Waals surface area contributed by atoms with Crippen molar-refractivity contribution < 1.29 is 4.79 Å². The van der Waals surface area contributed by atoms with Gasteiger partial charge in [0.1, 0.15) is 0 Å². The second-order valence-electron chi connectivity index (χ2n) is 5.54. The first-order valence-electron chi connectivity index (χ1n) is 7.72. The maximum absolute atomic E-state index is 12.2. The van der Waals surface area contributed by atoms with Gasteiger partial charge in [-0.1, -0.05) is 18.6 Å². The van der Waals surface area contributed by atoms with Crippen molar-refractivity contribution in [3.8, 4) is 0 Å². The Morgan fingerprint density at radius 1 is 1.00 bits per heavy atom. The molecule has 0 atom stereocenters. The van der Waals surface area contributed by atoms with Crippen LogP contribution in [0.2, 0.25) is 0 Å². The maximum Gasteiger partial charge on any atom is 0.265 e. The number of thioether (sulfide) groups is 2. The minimum Gasteiger partial charge on any atom is -0.285 e. The fourth-order valence-corrected chi connectivity index (χ4v) is 5.58. The molecule has 2 saturated heterocycles. The smallest absolute Gasteiger partial charge is 0.265 e. The minimum atomic E-state index is 0.0207. The van der Waals surface area contributed by atoms with Gasteiger partial charge in [-0.15, -0.1) is 23.5 Å². The molecule has 1 aromatic rings. The molecule has 2 aliphatic rings. The molecule has 0 unspecified atom stereocenters. The van der Waals surface area contributed by atoms with Crippen LogP contribution >= 0.6 is 23.5 Å². The molecule has 0 spiro atoms. The highest BCUT2D eigenvalue weighted by atomic mass is 32.2. The fourth-order valence-electron chi connectivity index (χ4n) is 2.69. The molecule has 0 aromatic heterocycles. The lowest BCUT2D eigenvalue weighted by molar-refractivity contribution is 0.0750. The van der Waals surface area contributed by atoms with Crippen LogP contribution in [0, 0.1) is 0 Å². The van der Waals surface area contributed by atoms with Crippen molar-refractivity contribution in [1.29, 1.82) is 0 Å². The topological polar surface area (TPSA) is 32.3 Å². The summed E-state index contributed by atoms with van der Waals surface area (Å²) in [6.07, 6.45) is 4.94. The van der Waals surface area contributed by atoms with Gasteiger partial charge in [-0.05, 0) is 48.5 Å². The summed E-state index contributed by atoms with van der Waals surface area (Å²) in [6.45, 7) is 1.94. The Labute approximate surface area is 135 Å². The first-order valence-corrected chi connectivity index (χ1v) is 9.82. The van der Waals surface area contributed by atoms with E-state index in [2.05, 4.69) is 17.6 Å². The highest BCUT2D eigenvalue weighted by Crippen LogP contribution is 2.43. The number of carbonyl (C=O) groups is 1. The Hall–Kier alpha value is -0.650. The molecule has 1 aromatic carbocycles. The zero-order valence-corrected chi connectivity index (χ0v) is 13.8. The van der Waals surface area contributed by atoms with Crippen molar-refractivity contribution in [3.05, 3.63) is 35.4 Å². The standard InChI is InChI=1S/C16H22N2OS2/c19-15(17-18-9-2-1-3-10-18)13-5-7-14(8-6-13)16-20-11-4-12-21-16/h5-8,16H,1-4,9-12H2,(H,17,19). The molecule has 0 radical (unpaired) electrons. The molecule has 114 valence electrons. The van der Waals surface area contributed by atoms with E-state index in [0.717, 1.165) is 18.7 Å². The minimum absolute atomic E-state index is 0.0207. The second-order valence-corrected chi connectivity index (χ2v) is 8.26. The van der Waals surface area contributed by atoms with Crippen LogP contribution < -0.4 is 5.43 Å². The molecular weight excluding hydrogens is 300 g/mol. The van der Waals surface area contributed by atoms with E-state index in [-0.39, 0.29) is 5.91 Å². The van der Waals surface area contributed by atoms with E-state index in [9.17, 15) is 4.79 Å². The average molecular weight is 322 g/mol. The number of hydrogen-bond acceptors (Lipinski definition) is 4. The molecule has 3 rings (SSSR count). The number of nitrogens with zero attached hydrogens (tertiary/aromatic N) is 1. The van der Waals surface area contributed by atoms with E-state index in [0.29, 0.717) is 4.58 Å². The summed E-state index contributed by atoms with van der Waals surface area (Å²) in [7, 11) is 0. The van der Waals surface area contributed by atoms with Crippen LogP contribution in [0.4, 0.5) is 0 Å². The molecule has 1 N–H and O–H groups in total. The largest absolute Gasteiger partial charge is 0.285 e. The Balaban J connectivity index is 1.58. The molecule has 0 aliphatic carbocycles. The second kappa shape index (κ2) is 7.56. The van der Waals surface area contributed by atoms with Gasteiger partial charge in [0.2, 0.25) is 0 Å². The fraction of sp³-hybridized carbons (Fsp3) is 0.562. The molecule has 3 nitrogen and oxygen atoms in total. The molecule has 2 fully saturated rings. The molecule has 5 heteroatoms. The molecule has 0 saturated carbocycles. The zero-order valence-electron chi connectivity index (χ0n) is 12.2. The monoisotopic (exact) mass is 322 g/mol. The van der Waals surface area contributed by atoms with Crippen molar-refractivity contribution in [1.82, 2.24) is 10.4 Å². The van der Waals surface area contributed by atoms with Gasteiger partial charge in [0.05, 0.1) is 4.58 Å². The van der Waals surface area contributed by atoms with Crippen molar-refractivity contribution >= 4 is 29.4 Å². The van der Waals surface area contributed by atoms with E-state index < -0.39 is 0 Å². The zero-order chi connectivity index (χ0) is 14.5. The van der Waals surface area contributed by atoms with Crippen LogP contribution in [0.15, 0.2) is 24.3 Å². The number of benzene rings is 1.